The molecule has 1 nitrogen and oxygen atoms in total. The van der Waals surface area contributed by atoms with E-state index in [2.05, 4.69) is 20.0 Å². The first-order valence-electron chi connectivity index (χ1n) is 2.55. The summed E-state index contributed by atoms with van der Waals surface area (Å²) in [6.45, 7) is 5.95. The number of rotatable bonds is 0. The van der Waals surface area contributed by atoms with Gasteiger partial charge in [0.2, 0.25) is 0 Å². The van der Waals surface area contributed by atoms with Crippen molar-refractivity contribution in [1.29, 1.82) is 0 Å². The van der Waals surface area contributed by atoms with Gasteiger partial charge in [-0.05, 0) is 0 Å². The molecule has 44 valence electrons. The SMILES string of the molecule is CP1(C)(C)COC1. The van der Waals surface area contributed by atoms with E-state index in [0.29, 0.717) is 0 Å². The van der Waals surface area contributed by atoms with Gasteiger partial charge in [0, 0.05) is 0 Å². The molecule has 1 saturated heterocycles. The van der Waals surface area contributed by atoms with Crippen molar-refractivity contribution in [3.05, 3.63) is 0 Å². The quantitative estimate of drug-likeness (QED) is 0.439. The fourth-order valence-corrected chi connectivity index (χ4v) is 1.92. The molecular weight excluding hydrogens is 107 g/mol. The molecule has 0 unspecified atom stereocenters. The van der Waals surface area contributed by atoms with E-state index < -0.39 is 6.60 Å². The maximum atomic E-state index is 5.10. The molecule has 7 heavy (non-hydrogen) atoms. The molecule has 0 aromatic heterocycles. The van der Waals surface area contributed by atoms with Crippen LogP contribution in [0.2, 0.25) is 0 Å². The van der Waals surface area contributed by atoms with Gasteiger partial charge in [0.25, 0.3) is 0 Å². The second kappa shape index (κ2) is 1.04. The van der Waals surface area contributed by atoms with Crippen LogP contribution in [0, 0.1) is 0 Å². The molecule has 0 spiro atoms. The van der Waals surface area contributed by atoms with Crippen molar-refractivity contribution in [3.8, 4) is 0 Å². The third kappa shape index (κ3) is 1.14. The minimum absolute atomic E-state index is 1.05. The Morgan fingerprint density at radius 2 is 1.43 bits per heavy atom. The second-order valence-electron chi connectivity index (χ2n) is 3.92. The zero-order chi connectivity index (χ0) is 5.57. The van der Waals surface area contributed by atoms with Crippen molar-refractivity contribution in [3.63, 3.8) is 0 Å². The van der Waals surface area contributed by atoms with Crippen LogP contribution in [-0.2, 0) is 4.74 Å². The van der Waals surface area contributed by atoms with Crippen molar-refractivity contribution >= 4 is 6.60 Å². The summed E-state index contributed by atoms with van der Waals surface area (Å²) in [6.07, 6.45) is 2.09. The molecule has 0 aromatic rings. The molecule has 0 saturated carbocycles. The van der Waals surface area contributed by atoms with Crippen LogP contribution in [0.5, 0.6) is 0 Å². The van der Waals surface area contributed by atoms with Gasteiger partial charge in [-0.1, -0.05) is 0 Å². The van der Waals surface area contributed by atoms with Crippen LogP contribution < -0.4 is 0 Å². The molecule has 0 atom stereocenters. The van der Waals surface area contributed by atoms with Gasteiger partial charge in [0.1, 0.15) is 0 Å². The molecule has 1 rings (SSSR count). The first-order valence-corrected chi connectivity index (χ1v) is 6.50. The number of hydrogen-bond donors (Lipinski definition) is 0. The van der Waals surface area contributed by atoms with E-state index in [9.17, 15) is 0 Å². The van der Waals surface area contributed by atoms with E-state index in [0.717, 1.165) is 12.7 Å². The fraction of sp³-hybridized carbons (Fsp3) is 1.00. The number of ether oxygens (including phenoxy) is 1. The second-order valence-corrected chi connectivity index (χ2v) is 11.4. The monoisotopic (exact) mass is 120 g/mol. The average Bonchev–Trinajstić information content (AvgIpc) is 1.30. The zero-order valence-corrected chi connectivity index (χ0v) is 6.16. The summed E-state index contributed by atoms with van der Waals surface area (Å²) in [5.41, 5.74) is 0. The molecule has 1 aliphatic heterocycles. The van der Waals surface area contributed by atoms with Gasteiger partial charge in [-0.15, -0.1) is 0 Å². The predicted molar refractivity (Wildman–Crippen MR) is 35.5 cm³/mol. The van der Waals surface area contributed by atoms with E-state index in [-0.39, 0.29) is 0 Å². The molecule has 1 aliphatic rings. The molecule has 0 aliphatic carbocycles. The summed E-state index contributed by atoms with van der Waals surface area (Å²) in [5.74, 6) is 0. The number of hydrogen-bond acceptors (Lipinski definition) is 1. The van der Waals surface area contributed by atoms with Crippen molar-refractivity contribution in [2.24, 2.45) is 0 Å². The molecule has 1 fully saturated rings. The van der Waals surface area contributed by atoms with Gasteiger partial charge >= 0.3 is 44.0 Å². The molecular formula is C5H13OP. The van der Waals surface area contributed by atoms with Crippen LogP contribution in [0.15, 0.2) is 0 Å². The van der Waals surface area contributed by atoms with E-state index >= 15 is 0 Å². The van der Waals surface area contributed by atoms with Crippen LogP contribution in [0.4, 0.5) is 0 Å². The fourth-order valence-electron chi connectivity index (χ4n) is 0.639. The Kier molecular flexibility index (Phi) is 0.817. The molecule has 2 heteroatoms. The van der Waals surface area contributed by atoms with Crippen molar-refractivity contribution < 1.29 is 4.74 Å². The van der Waals surface area contributed by atoms with Gasteiger partial charge in [-0.25, -0.2) is 0 Å². The average molecular weight is 120 g/mol. The van der Waals surface area contributed by atoms with Crippen LogP contribution in [0.25, 0.3) is 0 Å². The minimum atomic E-state index is -1.12. The van der Waals surface area contributed by atoms with Crippen LogP contribution in [-0.4, -0.2) is 32.7 Å². The molecule has 0 amide bonds. The zero-order valence-electron chi connectivity index (χ0n) is 5.27. The Bertz CT molecular complexity index is 82.0. The van der Waals surface area contributed by atoms with Gasteiger partial charge in [0.05, 0.1) is 0 Å². The standard InChI is InChI=1S/C5H13OP/c1-7(2,3)4-6-5-7/h4-5H2,1-3H3. The Balaban J connectivity index is 2.60. The van der Waals surface area contributed by atoms with E-state index in [4.69, 9.17) is 4.74 Å². The Morgan fingerprint density at radius 1 is 1.14 bits per heavy atom. The Morgan fingerprint density at radius 3 is 1.43 bits per heavy atom. The van der Waals surface area contributed by atoms with E-state index in [1.807, 2.05) is 0 Å². The van der Waals surface area contributed by atoms with E-state index in [1.165, 1.54) is 0 Å². The van der Waals surface area contributed by atoms with Crippen LogP contribution >= 0.6 is 6.60 Å². The maximum absolute atomic E-state index is 5.10. The summed E-state index contributed by atoms with van der Waals surface area (Å²) >= 11 is 0. The van der Waals surface area contributed by atoms with Gasteiger partial charge < -0.3 is 0 Å². The molecule has 0 N–H and O–H groups in total. The summed E-state index contributed by atoms with van der Waals surface area (Å²) in [7, 11) is 0. The molecule has 0 bridgehead atoms. The first kappa shape index (κ1) is 5.53. The van der Waals surface area contributed by atoms with Gasteiger partial charge in [-0.3, -0.25) is 0 Å². The molecule has 0 radical (unpaired) electrons. The first-order chi connectivity index (χ1) is 2.97. The third-order valence-corrected chi connectivity index (χ3v) is 3.42. The molecule has 0 aromatic carbocycles. The van der Waals surface area contributed by atoms with Crippen LogP contribution in [0.1, 0.15) is 0 Å². The van der Waals surface area contributed by atoms with E-state index in [1.54, 1.807) is 0 Å². The molecule has 1 heterocycles. The van der Waals surface area contributed by atoms with Gasteiger partial charge in [0.15, 0.2) is 0 Å². The predicted octanol–water partition coefficient (Wildman–Crippen LogP) is 1.37. The van der Waals surface area contributed by atoms with Crippen molar-refractivity contribution in [2.45, 2.75) is 0 Å². The summed E-state index contributed by atoms with van der Waals surface area (Å²) in [5, 5.41) is 0. The Labute approximate surface area is 45.0 Å². The summed E-state index contributed by atoms with van der Waals surface area (Å²) in [6, 6.07) is 0. The topological polar surface area (TPSA) is 9.23 Å². The van der Waals surface area contributed by atoms with Gasteiger partial charge in [-0.2, -0.15) is 0 Å². The summed E-state index contributed by atoms with van der Waals surface area (Å²) in [4.78, 5) is 0. The Hall–Kier alpha value is 0.390. The van der Waals surface area contributed by atoms with Crippen molar-refractivity contribution in [1.82, 2.24) is 0 Å². The van der Waals surface area contributed by atoms with Crippen molar-refractivity contribution in [2.75, 3.05) is 32.7 Å². The van der Waals surface area contributed by atoms with Crippen LogP contribution in [0.3, 0.4) is 0 Å². The summed E-state index contributed by atoms with van der Waals surface area (Å²) < 4.78 is 5.10. The third-order valence-electron chi connectivity index (χ3n) is 1.14. The normalized spacial score (nSPS) is 40.1.